The summed E-state index contributed by atoms with van der Waals surface area (Å²) in [4.78, 5) is 12.0. The molecule has 2 aliphatic carbocycles. The molecular weight excluding hydrogens is 224 g/mol. The number of hydrogen-bond acceptors (Lipinski definition) is 3. The van der Waals surface area contributed by atoms with Crippen molar-refractivity contribution in [3.8, 4) is 0 Å². The van der Waals surface area contributed by atoms with Gasteiger partial charge >= 0.3 is 0 Å². The molecule has 4 heteroatoms. The van der Waals surface area contributed by atoms with Crippen molar-refractivity contribution in [3.05, 3.63) is 0 Å². The van der Waals surface area contributed by atoms with Crippen LogP contribution in [0.15, 0.2) is 0 Å². The van der Waals surface area contributed by atoms with Crippen molar-refractivity contribution < 1.29 is 13.2 Å². The van der Waals surface area contributed by atoms with Gasteiger partial charge in [0.2, 0.25) is 0 Å². The number of hydrogen-bond donors (Lipinski definition) is 0. The fourth-order valence-electron chi connectivity index (χ4n) is 2.81. The molecule has 0 amide bonds. The van der Waals surface area contributed by atoms with E-state index in [9.17, 15) is 13.2 Å². The number of carbonyl (C=O) groups is 1. The van der Waals surface area contributed by atoms with Crippen LogP contribution in [0.3, 0.4) is 0 Å². The minimum Gasteiger partial charge on any atom is -0.299 e. The third kappa shape index (κ3) is 2.47. The van der Waals surface area contributed by atoms with Gasteiger partial charge in [0, 0.05) is 18.1 Å². The highest BCUT2D eigenvalue weighted by molar-refractivity contribution is 7.91. The van der Waals surface area contributed by atoms with E-state index in [1.54, 1.807) is 0 Å². The first-order valence-corrected chi connectivity index (χ1v) is 8.07. The molecule has 2 fully saturated rings. The van der Waals surface area contributed by atoms with Crippen LogP contribution < -0.4 is 0 Å². The summed E-state index contributed by atoms with van der Waals surface area (Å²) in [6, 6.07) is 0. The number of rotatable bonds is 3. The first-order chi connectivity index (χ1) is 7.39. The van der Waals surface area contributed by atoms with Gasteiger partial charge in [-0.2, -0.15) is 0 Å². The molecule has 0 aliphatic heterocycles. The third-order valence-corrected chi connectivity index (χ3v) is 5.75. The van der Waals surface area contributed by atoms with E-state index in [1.165, 1.54) is 6.26 Å². The Balaban J connectivity index is 1.99. The highest BCUT2D eigenvalue weighted by atomic mass is 32.2. The Morgan fingerprint density at radius 3 is 2.31 bits per heavy atom. The molecule has 0 aromatic heterocycles. The van der Waals surface area contributed by atoms with Gasteiger partial charge in [0.1, 0.15) is 15.6 Å². The zero-order chi connectivity index (χ0) is 11.9. The maximum Gasteiger partial charge on any atom is 0.150 e. The predicted molar refractivity (Wildman–Crippen MR) is 62.9 cm³/mol. The van der Waals surface area contributed by atoms with E-state index in [1.807, 2.05) is 0 Å². The molecule has 0 saturated heterocycles. The summed E-state index contributed by atoms with van der Waals surface area (Å²) in [5, 5.41) is -0.274. The van der Waals surface area contributed by atoms with Gasteiger partial charge in [-0.05, 0) is 31.6 Å². The van der Waals surface area contributed by atoms with Crippen LogP contribution >= 0.6 is 0 Å². The molecule has 2 aliphatic rings. The number of Topliss-reactive ketones (excluding diaryl/α,β-unsaturated/α-hetero) is 1. The second-order valence-electron chi connectivity index (χ2n) is 5.54. The van der Waals surface area contributed by atoms with Gasteiger partial charge in [0.05, 0.1) is 5.25 Å². The second kappa shape index (κ2) is 4.13. The fraction of sp³-hybridized carbons (Fsp3) is 0.917. The molecule has 0 heterocycles. The quantitative estimate of drug-likeness (QED) is 0.761. The van der Waals surface area contributed by atoms with Crippen LogP contribution in [-0.4, -0.2) is 25.7 Å². The summed E-state index contributed by atoms with van der Waals surface area (Å²) < 4.78 is 23.0. The van der Waals surface area contributed by atoms with Crippen LogP contribution in [-0.2, 0) is 14.6 Å². The Kier molecular flexibility index (Phi) is 3.12. The van der Waals surface area contributed by atoms with Crippen molar-refractivity contribution in [2.75, 3.05) is 6.26 Å². The first kappa shape index (κ1) is 12.1. The van der Waals surface area contributed by atoms with Crippen molar-refractivity contribution in [2.45, 2.75) is 44.3 Å². The Labute approximate surface area is 97.5 Å². The number of sulfone groups is 1. The van der Waals surface area contributed by atoms with Gasteiger partial charge in [0.15, 0.2) is 0 Å². The Bertz CT molecular complexity index is 385. The van der Waals surface area contributed by atoms with Crippen molar-refractivity contribution >= 4 is 15.6 Å². The molecule has 92 valence electrons. The molecule has 2 saturated carbocycles. The summed E-state index contributed by atoms with van der Waals surface area (Å²) in [7, 11) is -2.96. The van der Waals surface area contributed by atoms with Crippen molar-refractivity contribution in [1.82, 2.24) is 0 Å². The zero-order valence-corrected chi connectivity index (χ0v) is 10.8. The van der Waals surface area contributed by atoms with E-state index >= 15 is 0 Å². The molecule has 0 radical (unpaired) electrons. The van der Waals surface area contributed by atoms with Crippen LogP contribution in [0.4, 0.5) is 0 Å². The molecule has 2 rings (SSSR count). The van der Waals surface area contributed by atoms with Crippen LogP contribution in [0.25, 0.3) is 0 Å². The standard InChI is InChI=1S/C12H20O3S/c1-8-6-11(8)12(13)9-4-3-5-10(7-9)16(2,14)15/h8-11H,3-7H2,1-2H3. The highest BCUT2D eigenvalue weighted by Gasteiger charge is 2.43. The molecule has 0 N–H and O–H groups in total. The lowest BCUT2D eigenvalue weighted by atomic mass is 9.84. The van der Waals surface area contributed by atoms with Gasteiger partial charge in [-0.3, -0.25) is 4.79 Å². The van der Waals surface area contributed by atoms with Crippen molar-refractivity contribution in [3.63, 3.8) is 0 Å². The molecule has 3 nitrogen and oxygen atoms in total. The molecule has 0 aromatic carbocycles. The smallest absolute Gasteiger partial charge is 0.150 e. The monoisotopic (exact) mass is 244 g/mol. The minimum absolute atomic E-state index is 0.0171. The van der Waals surface area contributed by atoms with Crippen LogP contribution in [0.5, 0.6) is 0 Å². The summed E-state index contributed by atoms with van der Waals surface area (Å²) in [6.07, 6.45) is 5.40. The number of ketones is 1. The lowest BCUT2D eigenvalue weighted by Crippen LogP contribution is -2.31. The van der Waals surface area contributed by atoms with Crippen molar-refractivity contribution in [1.29, 1.82) is 0 Å². The van der Waals surface area contributed by atoms with Gasteiger partial charge in [-0.25, -0.2) is 8.42 Å². The molecule has 4 atom stereocenters. The lowest BCUT2D eigenvalue weighted by Gasteiger charge is -2.27. The van der Waals surface area contributed by atoms with E-state index in [0.717, 1.165) is 25.7 Å². The third-order valence-electron chi connectivity index (χ3n) is 4.11. The average Bonchev–Trinajstić information content (AvgIpc) is 2.93. The van der Waals surface area contributed by atoms with E-state index in [2.05, 4.69) is 6.92 Å². The Morgan fingerprint density at radius 2 is 1.81 bits per heavy atom. The van der Waals surface area contributed by atoms with Crippen molar-refractivity contribution in [2.24, 2.45) is 17.8 Å². The largest absolute Gasteiger partial charge is 0.299 e. The summed E-state index contributed by atoms with van der Waals surface area (Å²) in [5.74, 6) is 1.12. The van der Waals surface area contributed by atoms with E-state index in [0.29, 0.717) is 18.1 Å². The first-order valence-electron chi connectivity index (χ1n) is 6.12. The van der Waals surface area contributed by atoms with Gasteiger partial charge in [-0.1, -0.05) is 13.3 Å². The maximum atomic E-state index is 12.0. The SMILES string of the molecule is CC1CC1C(=O)C1CCCC(S(C)(=O)=O)C1. The maximum absolute atomic E-state index is 12.0. The van der Waals surface area contributed by atoms with Gasteiger partial charge < -0.3 is 0 Å². The Morgan fingerprint density at radius 1 is 1.19 bits per heavy atom. The normalized spacial score (nSPS) is 39.4. The molecule has 16 heavy (non-hydrogen) atoms. The van der Waals surface area contributed by atoms with Crippen LogP contribution in [0, 0.1) is 17.8 Å². The summed E-state index contributed by atoms with van der Waals surface area (Å²) in [5.41, 5.74) is 0. The zero-order valence-electron chi connectivity index (χ0n) is 9.98. The summed E-state index contributed by atoms with van der Waals surface area (Å²) >= 11 is 0. The van der Waals surface area contributed by atoms with Gasteiger partial charge in [-0.15, -0.1) is 0 Å². The highest BCUT2D eigenvalue weighted by Crippen LogP contribution is 2.43. The van der Waals surface area contributed by atoms with Crippen LogP contribution in [0.1, 0.15) is 39.0 Å². The second-order valence-corrected chi connectivity index (χ2v) is 7.86. The fourth-order valence-corrected chi connectivity index (χ4v) is 3.99. The lowest BCUT2D eigenvalue weighted by molar-refractivity contribution is -0.125. The van der Waals surface area contributed by atoms with E-state index in [4.69, 9.17) is 0 Å². The van der Waals surface area contributed by atoms with Gasteiger partial charge in [0.25, 0.3) is 0 Å². The molecular formula is C12H20O3S. The van der Waals surface area contributed by atoms with E-state index < -0.39 is 9.84 Å². The number of carbonyl (C=O) groups excluding carboxylic acids is 1. The molecule has 0 spiro atoms. The molecule has 0 aromatic rings. The van der Waals surface area contributed by atoms with Crippen LogP contribution in [0.2, 0.25) is 0 Å². The Hall–Kier alpha value is -0.380. The van der Waals surface area contributed by atoms with E-state index in [-0.39, 0.29) is 17.1 Å². The minimum atomic E-state index is -2.96. The average molecular weight is 244 g/mol. The molecule has 4 unspecified atom stereocenters. The summed E-state index contributed by atoms with van der Waals surface area (Å²) in [6.45, 7) is 2.10. The topological polar surface area (TPSA) is 51.2 Å². The molecule has 0 bridgehead atoms. The predicted octanol–water partition coefficient (Wildman–Crippen LogP) is 1.81.